The fourth-order valence-corrected chi connectivity index (χ4v) is 1.15. The third kappa shape index (κ3) is 3.32. The number of allylic oxidation sites excluding steroid dienone is 1. The summed E-state index contributed by atoms with van der Waals surface area (Å²) in [5.74, 6) is 0. The van der Waals surface area contributed by atoms with Crippen molar-refractivity contribution in [1.29, 1.82) is 0 Å². The predicted molar refractivity (Wildman–Crippen MR) is 59.9 cm³/mol. The van der Waals surface area contributed by atoms with Crippen LogP contribution in [0.3, 0.4) is 0 Å². The first-order chi connectivity index (χ1) is 6.36. The first-order valence-corrected chi connectivity index (χ1v) is 4.81. The van der Waals surface area contributed by atoms with Crippen molar-refractivity contribution in [2.24, 2.45) is 0 Å². The average Bonchev–Trinajstić information content (AvgIpc) is 2.19. The molecule has 0 saturated carbocycles. The van der Waals surface area contributed by atoms with Crippen molar-refractivity contribution in [2.75, 3.05) is 12.4 Å². The van der Waals surface area contributed by atoms with Crippen LogP contribution in [0.1, 0.15) is 25.3 Å². The number of benzene rings is 1. The van der Waals surface area contributed by atoms with E-state index < -0.39 is 0 Å². The molecule has 1 nitrogen and oxygen atoms in total. The predicted octanol–water partition coefficient (Wildman–Crippen LogP) is 3.54. The van der Waals surface area contributed by atoms with Crippen molar-refractivity contribution in [3.8, 4) is 0 Å². The van der Waals surface area contributed by atoms with Crippen molar-refractivity contribution in [1.82, 2.24) is 0 Å². The molecular weight excluding hydrogens is 158 g/mol. The Morgan fingerprint density at radius 3 is 2.46 bits per heavy atom. The Morgan fingerprint density at radius 2 is 1.92 bits per heavy atom. The fraction of sp³-hybridized carbons (Fsp3) is 0.333. The molecular formula is C12H17N. The van der Waals surface area contributed by atoms with Crippen LogP contribution in [-0.2, 0) is 0 Å². The molecule has 13 heavy (non-hydrogen) atoms. The van der Waals surface area contributed by atoms with Crippen LogP contribution in [0, 0.1) is 0 Å². The molecule has 0 unspecified atom stereocenters. The maximum absolute atomic E-state index is 3.10. The van der Waals surface area contributed by atoms with Crippen LogP contribution < -0.4 is 5.32 Å². The van der Waals surface area contributed by atoms with Gasteiger partial charge in [0, 0.05) is 12.7 Å². The minimum absolute atomic E-state index is 1.16. The Balaban J connectivity index is 2.58. The van der Waals surface area contributed by atoms with Gasteiger partial charge in [0.05, 0.1) is 0 Å². The van der Waals surface area contributed by atoms with E-state index in [1.54, 1.807) is 0 Å². The Labute approximate surface area is 80.5 Å². The summed E-state index contributed by atoms with van der Waals surface area (Å²) in [6.07, 6.45) is 6.76. The molecule has 0 amide bonds. The zero-order valence-electron chi connectivity index (χ0n) is 8.38. The van der Waals surface area contributed by atoms with Crippen molar-refractivity contribution < 1.29 is 0 Å². The molecule has 0 bridgehead atoms. The first-order valence-electron chi connectivity index (χ1n) is 4.81. The van der Waals surface area contributed by atoms with Crippen LogP contribution in [0.4, 0.5) is 5.69 Å². The second kappa shape index (κ2) is 5.41. The van der Waals surface area contributed by atoms with Crippen LogP contribution >= 0.6 is 0 Å². The van der Waals surface area contributed by atoms with Crippen LogP contribution in [0.15, 0.2) is 30.3 Å². The molecule has 0 aromatic heterocycles. The van der Waals surface area contributed by atoms with E-state index in [-0.39, 0.29) is 0 Å². The normalized spacial score (nSPS) is 10.6. The molecule has 0 aliphatic carbocycles. The van der Waals surface area contributed by atoms with E-state index in [9.17, 15) is 0 Å². The quantitative estimate of drug-likeness (QED) is 0.738. The number of nitrogens with one attached hydrogen (secondary N) is 1. The van der Waals surface area contributed by atoms with Crippen molar-refractivity contribution in [3.05, 3.63) is 35.9 Å². The van der Waals surface area contributed by atoms with Crippen LogP contribution in [-0.4, -0.2) is 7.05 Å². The minimum atomic E-state index is 1.16. The summed E-state index contributed by atoms with van der Waals surface area (Å²) in [6.45, 7) is 2.19. The number of rotatable bonds is 4. The smallest absolute Gasteiger partial charge is 0.0337 e. The van der Waals surface area contributed by atoms with E-state index in [2.05, 4.69) is 48.7 Å². The Hall–Kier alpha value is -1.24. The number of anilines is 1. The molecule has 0 fully saturated rings. The van der Waals surface area contributed by atoms with E-state index in [0.29, 0.717) is 0 Å². The van der Waals surface area contributed by atoms with E-state index in [0.717, 1.165) is 12.1 Å². The zero-order chi connectivity index (χ0) is 9.52. The molecule has 0 radical (unpaired) electrons. The van der Waals surface area contributed by atoms with E-state index >= 15 is 0 Å². The highest BCUT2D eigenvalue weighted by Gasteiger charge is 1.87. The van der Waals surface area contributed by atoms with Crippen molar-refractivity contribution in [2.45, 2.75) is 19.8 Å². The summed E-state index contributed by atoms with van der Waals surface area (Å²) in [4.78, 5) is 0. The van der Waals surface area contributed by atoms with Gasteiger partial charge >= 0.3 is 0 Å². The number of hydrogen-bond acceptors (Lipinski definition) is 1. The molecule has 1 rings (SSSR count). The molecule has 0 heterocycles. The van der Waals surface area contributed by atoms with Gasteiger partial charge in [-0.1, -0.05) is 37.6 Å². The molecule has 0 saturated heterocycles. The fourth-order valence-electron chi connectivity index (χ4n) is 1.15. The maximum atomic E-state index is 3.10. The largest absolute Gasteiger partial charge is 0.388 e. The molecule has 0 atom stereocenters. The second-order valence-corrected chi connectivity index (χ2v) is 3.06. The SMILES string of the molecule is CCCC=Cc1ccc(NC)cc1. The lowest BCUT2D eigenvalue weighted by Crippen LogP contribution is -1.86. The summed E-state index contributed by atoms with van der Waals surface area (Å²) in [5.41, 5.74) is 2.43. The summed E-state index contributed by atoms with van der Waals surface area (Å²) in [7, 11) is 1.93. The summed E-state index contributed by atoms with van der Waals surface area (Å²) < 4.78 is 0. The van der Waals surface area contributed by atoms with E-state index in [1.807, 2.05) is 7.05 Å². The highest BCUT2D eigenvalue weighted by Crippen LogP contribution is 2.10. The molecule has 1 N–H and O–H groups in total. The Kier molecular flexibility index (Phi) is 4.10. The summed E-state index contributed by atoms with van der Waals surface area (Å²) in [6, 6.07) is 8.42. The molecule has 1 heteroatoms. The van der Waals surface area contributed by atoms with E-state index in [1.165, 1.54) is 12.0 Å². The molecule has 70 valence electrons. The van der Waals surface area contributed by atoms with Gasteiger partial charge in [0.1, 0.15) is 0 Å². The Morgan fingerprint density at radius 1 is 1.23 bits per heavy atom. The van der Waals surface area contributed by atoms with Gasteiger partial charge < -0.3 is 5.32 Å². The summed E-state index contributed by atoms with van der Waals surface area (Å²) in [5, 5.41) is 3.10. The van der Waals surface area contributed by atoms with E-state index in [4.69, 9.17) is 0 Å². The molecule has 0 aliphatic heterocycles. The van der Waals surface area contributed by atoms with Crippen molar-refractivity contribution >= 4 is 11.8 Å². The second-order valence-electron chi connectivity index (χ2n) is 3.06. The third-order valence-electron chi connectivity index (χ3n) is 1.97. The maximum Gasteiger partial charge on any atom is 0.0337 e. The highest BCUT2D eigenvalue weighted by molar-refractivity contribution is 5.54. The average molecular weight is 175 g/mol. The van der Waals surface area contributed by atoms with Crippen LogP contribution in [0.25, 0.3) is 6.08 Å². The lowest BCUT2D eigenvalue weighted by atomic mass is 10.2. The highest BCUT2D eigenvalue weighted by atomic mass is 14.8. The van der Waals surface area contributed by atoms with Crippen LogP contribution in [0.5, 0.6) is 0 Å². The van der Waals surface area contributed by atoms with Crippen molar-refractivity contribution in [3.63, 3.8) is 0 Å². The van der Waals surface area contributed by atoms with Gasteiger partial charge in [-0.05, 0) is 24.1 Å². The molecule has 0 aliphatic rings. The lowest BCUT2D eigenvalue weighted by Gasteiger charge is -1.99. The monoisotopic (exact) mass is 175 g/mol. The number of hydrogen-bond donors (Lipinski definition) is 1. The first kappa shape index (κ1) is 9.85. The zero-order valence-corrected chi connectivity index (χ0v) is 8.38. The molecule has 0 spiro atoms. The summed E-state index contributed by atoms with van der Waals surface area (Å²) >= 11 is 0. The van der Waals surface area contributed by atoms with Gasteiger partial charge in [-0.15, -0.1) is 0 Å². The lowest BCUT2D eigenvalue weighted by molar-refractivity contribution is 0.962. The Bertz CT molecular complexity index is 259. The van der Waals surface area contributed by atoms with Gasteiger partial charge in [-0.2, -0.15) is 0 Å². The number of unbranched alkanes of at least 4 members (excludes halogenated alkanes) is 1. The van der Waals surface area contributed by atoms with Gasteiger partial charge in [0.2, 0.25) is 0 Å². The molecule has 1 aromatic carbocycles. The standard InChI is InChI=1S/C12H17N/c1-3-4-5-6-11-7-9-12(13-2)10-8-11/h5-10,13H,3-4H2,1-2H3. The minimum Gasteiger partial charge on any atom is -0.388 e. The van der Waals surface area contributed by atoms with Gasteiger partial charge in [-0.25, -0.2) is 0 Å². The van der Waals surface area contributed by atoms with Gasteiger partial charge in [-0.3, -0.25) is 0 Å². The van der Waals surface area contributed by atoms with Crippen LogP contribution in [0.2, 0.25) is 0 Å². The molecule has 1 aromatic rings. The van der Waals surface area contributed by atoms with Gasteiger partial charge in [0.15, 0.2) is 0 Å². The topological polar surface area (TPSA) is 12.0 Å². The van der Waals surface area contributed by atoms with Gasteiger partial charge in [0.25, 0.3) is 0 Å². The third-order valence-corrected chi connectivity index (χ3v) is 1.97.